The average molecular weight is 375 g/mol. The molecular formula is C13H15ClN4OS3. The number of thioether (sulfide) groups is 2. The topological polar surface area (TPSA) is 67.8 Å². The van der Waals surface area contributed by atoms with Gasteiger partial charge >= 0.3 is 0 Å². The standard InChI is InChI=1S/C13H15ClN4OS3/c1-2-5-15-10(19)8-21-13-18-17-12(22-13)20-7-9-4-3-6-16-11(9)14/h3-4,6H,2,5,7-8H2,1H3,(H,15,19). The summed E-state index contributed by atoms with van der Waals surface area (Å²) in [7, 11) is 0. The van der Waals surface area contributed by atoms with Gasteiger partial charge in [-0.15, -0.1) is 10.2 Å². The third-order valence-corrected chi connectivity index (χ3v) is 6.05. The lowest BCUT2D eigenvalue weighted by Gasteiger charge is -2.00. The maximum Gasteiger partial charge on any atom is 0.230 e. The molecule has 2 aromatic rings. The molecule has 0 aliphatic carbocycles. The molecule has 118 valence electrons. The number of aromatic nitrogens is 3. The van der Waals surface area contributed by atoms with E-state index < -0.39 is 0 Å². The van der Waals surface area contributed by atoms with Crippen molar-refractivity contribution in [2.45, 2.75) is 27.8 Å². The fourth-order valence-electron chi connectivity index (χ4n) is 1.42. The maximum absolute atomic E-state index is 11.5. The Morgan fingerprint density at radius 2 is 2.14 bits per heavy atom. The number of amides is 1. The molecule has 0 atom stereocenters. The second-order valence-electron chi connectivity index (χ2n) is 4.21. The lowest BCUT2D eigenvalue weighted by Crippen LogP contribution is -2.25. The summed E-state index contributed by atoms with van der Waals surface area (Å²) < 4.78 is 1.66. The molecule has 2 heterocycles. The Labute approximate surface area is 146 Å². The summed E-state index contributed by atoms with van der Waals surface area (Å²) in [5.41, 5.74) is 0.970. The fraction of sp³-hybridized carbons (Fsp3) is 0.385. The molecule has 1 N–H and O–H groups in total. The Morgan fingerprint density at radius 1 is 1.36 bits per heavy atom. The van der Waals surface area contributed by atoms with E-state index in [9.17, 15) is 4.79 Å². The molecule has 2 aromatic heterocycles. The van der Waals surface area contributed by atoms with Crippen molar-refractivity contribution in [1.82, 2.24) is 20.5 Å². The third-order valence-electron chi connectivity index (χ3n) is 2.47. The van der Waals surface area contributed by atoms with Crippen molar-refractivity contribution in [2.75, 3.05) is 12.3 Å². The predicted molar refractivity (Wildman–Crippen MR) is 92.7 cm³/mol. The number of hydrogen-bond acceptors (Lipinski definition) is 7. The highest BCUT2D eigenvalue weighted by Crippen LogP contribution is 2.31. The summed E-state index contributed by atoms with van der Waals surface area (Å²) in [6.45, 7) is 2.73. The zero-order valence-corrected chi connectivity index (χ0v) is 15.1. The summed E-state index contributed by atoms with van der Waals surface area (Å²) in [6.07, 6.45) is 2.60. The van der Waals surface area contributed by atoms with Crippen LogP contribution in [-0.2, 0) is 10.5 Å². The average Bonchev–Trinajstić information content (AvgIpc) is 2.98. The molecule has 0 aromatic carbocycles. The largest absolute Gasteiger partial charge is 0.355 e. The molecule has 5 nitrogen and oxygen atoms in total. The van der Waals surface area contributed by atoms with Crippen LogP contribution in [0.3, 0.4) is 0 Å². The molecule has 1 amide bonds. The van der Waals surface area contributed by atoms with Crippen LogP contribution in [0.5, 0.6) is 0 Å². The Balaban J connectivity index is 1.79. The molecule has 0 saturated carbocycles. The van der Waals surface area contributed by atoms with Crippen LogP contribution in [-0.4, -0.2) is 33.4 Å². The third kappa shape index (κ3) is 5.75. The summed E-state index contributed by atoms with van der Waals surface area (Å²) in [5, 5.41) is 11.5. The van der Waals surface area contributed by atoms with E-state index in [1.165, 1.54) is 23.1 Å². The number of nitrogens with zero attached hydrogens (tertiary/aromatic N) is 3. The van der Waals surface area contributed by atoms with Gasteiger partial charge in [0.15, 0.2) is 8.68 Å². The molecule has 9 heteroatoms. The molecule has 0 unspecified atom stereocenters. The molecule has 0 fully saturated rings. The summed E-state index contributed by atoms with van der Waals surface area (Å²) >= 11 is 10.5. The SMILES string of the molecule is CCCNC(=O)CSc1nnc(SCc2cccnc2Cl)s1. The highest BCUT2D eigenvalue weighted by atomic mass is 35.5. The Kier molecular flexibility index (Phi) is 7.44. The summed E-state index contributed by atoms with van der Waals surface area (Å²) in [4.78, 5) is 15.6. The van der Waals surface area contributed by atoms with E-state index in [1.54, 1.807) is 18.0 Å². The van der Waals surface area contributed by atoms with Crippen LogP contribution in [0.25, 0.3) is 0 Å². The molecule has 2 rings (SSSR count). The van der Waals surface area contributed by atoms with Gasteiger partial charge in [-0.2, -0.15) is 0 Å². The maximum atomic E-state index is 11.5. The first-order valence-corrected chi connectivity index (χ1v) is 9.80. The van der Waals surface area contributed by atoms with E-state index in [0.29, 0.717) is 23.2 Å². The van der Waals surface area contributed by atoms with Gasteiger partial charge in [-0.05, 0) is 18.1 Å². The van der Waals surface area contributed by atoms with Gasteiger partial charge in [0, 0.05) is 18.5 Å². The molecule has 0 aliphatic heterocycles. The Morgan fingerprint density at radius 3 is 2.86 bits per heavy atom. The van der Waals surface area contributed by atoms with Crippen LogP contribution in [0.15, 0.2) is 27.0 Å². The Hall–Kier alpha value is -0.830. The molecule has 22 heavy (non-hydrogen) atoms. The number of nitrogens with one attached hydrogen (secondary N) is 1. The first-order valence-electron chi connectivity index (χ1n) is 6.64. The van der Waals surface area contributed by atoms with Gasteiger partial charge in [0.05, 0.1) is 5.75 Å². The van der Waals surface area contributed by atoms with Crippen molar-refractivity contribution < 1.29 is 4.79 Å². The van der Waals surface area contributed by atoms with Gasteiger partial charge < -0.3 is 5.32 Å². The van der Waals surface area contributed by atoms with E-state index in [4.69, 9.17) is 11.6 Å². The predicted octanol–water partition coefficient (Wildman–Crippen LogP) is 3.50. The van der Waals surface area contributed by atoms with Crippen molar-refractivity contribution >= 4 is 52.4 Å². The summed E-state index contributed by atoms with van der Waals surface area (Å²) in [5.74, 6) is 1.09. The van der Waals surface area contributed by atoms with Gasteiger partial charge in [-0.3, -0.25) is 4.79 Å². The minimum absolute atomic E-state index is 0.0263. The number of pyridine rings is 1. The molecule has 0 bridgehead atoms. The lowest BCUT2D eigenvalue weighted by molar-refractivity contribution is -0.118. The van der Waals surface area contributed by atoms with Crippen molar-refractivity contribution in [3.8, 4) is 0 Å². The van der Waals surface area contributed by atoms with Crippen LogP contribution in [0.4, 0.5) is 0 Å². The fourth-order valence-corrected chi connectivity index (χ4v) is 4.52. The van der Waals surface area contributed by atoms with Gasteiger partial charge in [0.1, 0.15) is 5.15 Å². The molecular weight excluding hydrogens is 360 g/mol. The van der Waals surface area contributed by atoms with Gasteiger partial charge in [-0.25, -0.2) is 4.98 Å². The summed E-state index contributed by atoms with van der Waals surface area (Å²) in [6, 6.07) is 3.80. The van der Waals surface area contributed by atoms with Gasteiger partial charge in [-0.1, -0.05) is 59.5 Å². The van der Waals surface area contributed by atoms with E-state index in [0.717, 1.165) is 20.7 Å². The van der Waals surface area contributed by atoms with E-state index in [2.05, 4.69) is 20.5 Å². The first-order chi connectivity index (χ1) is 10.7. The second kappa shape index (κ2) is 9.34. The first kappa shape index (κ1) is 17.5. The zero-order chi connectivity index (χ0) is 15.8. The van der Waals surface area contributed by atoms with Crippen molar-refractivity contribution in [3.63, 3.8) is 0 Å². The highest BCUT2D eigenvalue weighted by molar-refractivity contribution is 8.03. The number of carbonyl (C=O) groups excluding carboxylic acids is 1. The van der Waals surface area contributed by atoms with Crippen LogP contribution >= 0.6 is 46.5 Å². The number of hydrogen-bond donors (Lipinski definition) is 1. The van der Waals surface area contributed by atoms with E-state index in [1.807, 2.05) is 19.1 Å². The number of halogens is 1. The smallest absolute Gasteiger partial charge is 0.230 e. The number of carbonyl (C=O) groups is 1. The number of rotatable bonds is 8. The highest BCUT2D eigenvalue weighted by Gasteiger charge is 2.09. The van der Waals surface area contributed by atoms with Crippen LogP contribution in [0.2, 0.25) is 5.15 Å². The second-order valence-corrected chi connectivity index (χ2v) is 7.99. The van der Waals surface area contributed by atoms with E-state index >= 15 is 0 Å². The molecule has 0 radical (unpaired) electrons. The normalized spacial score (nSPS) is 10.6. The van der Waals surface area contributed by atoms with Crippen molar-refractivity contribution in [2.24, 2.45) is 0 Å². The van der Waals surface area contributed by atoms with Crippen LogP contribution in [0.1, 0.15) is 18.9 Å². The monoisotopic (exact) mass is 374 g/mol. The minimum atomic E-state index is 0.0263. The quantitative estimate of drug-likeness (QED) is 0.563. The van der Waals surface area contributed by atoms with Crippen LogP contribution < -0.4 is 5.32 Å². The van der Waals surface area contributed by atoms with E-state index in [-0.39, 0.29) is 5.91 Å². The Bertz CT molecular complexity index is 623. The van der Waals surface area contributed by atoms with Crippen molar-refractivity contribution in [3.05, 3.63) is 29.0 Å². The van der Waals surface area contributed by atoms with Gasteiger partial charge in [0.25, 0.3) is 0 Å². The van der Waals surface area contributed by atoms with Crippen molar-refractivity contribution in [1.29, 1.82) is 0 Å². The lowest BCUT2D eigenvalue weighted by atomic mass is 10.3. The molecule has 0 spiro atoms. The minimum Gasteiger partial charge on any atom is -0.355 e. The van der Waals surface area contributed by atoms with Crippen LogP contribution in [0, 0.1) is 0 Å². The molecule has 0 aliphatic rings. The van der Waals surface area contributed by atoms with Gasteiger partial charge in [0.2, 0.25) is 5.91 Å². The zero-order valence-electron chi connectivity index (χ0n) is 11.9. The molecule has 0 saturated heterocycles.